The normalized spacial score (nSPS) is 10.3. The van der Waals surface area contributed by atoms with E-state index in [2.05, 4.69) is 25.6 Å². The molecule has 0 saturated heterocycles. The van der Waals surface area contributed by atoms with Gasteiger partial charge in [-0.25, -0.2) is 9.97 Å². The van der Waals surface area contributed by atoms with Gasteiger partial charge in [-0.3, -0.25) is 4.98 Å². The summed E-state index contributed by atoms with van der Waals surface area (Å²) < 4.78 is 5.16. The zero-order chi connectivity index (χ0) is 17.5. The van der Waals surface area contributed by atoms with Crippen LogP contribution in [-0.2, 0) is 13.1 Å². The maximum absolute atomic E-state index is 6.17. The third kappa shape index (κ3) is 4.35. The van der Waals surface area contributed by atoms with E-state index in [0.29, 0.717) is 30.4 Å². The number of hydrogen-bond acceptors (Lipinski definition) is 7. The third-order valence-electron chi connectivity index (χ3n) is 3.69. The first-order valence-corrected chi connectivity index (χ1v) is 7.86. The van der Waals surface area contributed by atoms with Gasteiger partial charge in [0.25, 0.3) is 0 Å². The van der Waals surface area contributed by atoms with Crippen molar-refractivity contribution in [1.82, 2.24) is 15.0 Å². The van der Waals surface area contributed by atoms with Crippen LogP contribution in [0, 0.1) is 0 Å². The average Bonchev–Trinajstić information content (AvgIpc) is 2.67. The van der Waals surface area contributed by atoms with Crippen LogP contribution in [0.4, 0.5) is 17.3 Å². The number of hydrogen-bond donors (Lipinski definition) is 3. The Bertz CT molecular complexity index is 808. The van der Waals surface area contributed by atoms with Gasteiger partial charge in [0, 0.05) is 25.5 Å². The van der Waals surface area contributed by atoms with Gasteiger partial charge in [0.2, 0.25) is 0 Å². The number of nitrogen functional groups attached to an aromatic ring is 1. The number of pyridine rings is 1. The number of nitrogens with one attached hydrogen (secondary N) is 2. The van der Waals surface area contributed by atoms with Crippen molar-refractivity contribution in [3.8, 4) is 5.75 Å². The fourth-order valence-corrected chi connectivity index (χ4v) is 2.29. The monoisotopic (exact) mass is 336 g/mol. The molecule has 2 aromatic heterocycles. The Balaban J connectivity index is 1.63. The van der Waals surface area contributed by atoms with Crippen molar-refractivity contribution in [2.75, 3.05) is 23.5 Å². The largest absolute Gasteiger partial charge is 0.497 e. The second-order valence-electron chi connectivity index (χ2n) is 5.40. The minimum atomic E-state index is 0.486. The molecule has 7 nitrogen and oxygen atoms in total. The highest BCUT2D eigenvalue weighted by molar-refractivity contribution is 5.74. The summed E-state index contributed by atoms with van der Waals surface area (Å²) in [5.74, 6) is 2.02. The van der Waals surface area contributed by atoms with Crippen LogP contribution < -0.4 is 21.1 Å². The topological polar surface area (TPSA) is 98.0 Å². The van der Waals surface area contributed by atoms with E-state index in [1.165, 1.54) is 6.33 Å². The Kier molecular flexibility index (Phi) is 5.26. The SMILES string of the molecule is COc1ccc(CNc2ncnc(NCc3cccnc3)c2N)cc1. The van der Waals surface area contributed by atoms with E-state index < -0.39 is 0 Å². The van der Waals surface area contributed by atoms with E-state index in [0.717, 1.165) is 16.9 Å². The molecule has 0 aliphatic rings. The first kappa shape index (κ1) is 16.5. The first-order chi connectivity index (χ1) is 12.3. The van der Waals surface area contributed by atoms with Crippen LogP contribution in [0.15, 0.2) is 55.1 Å². The molecule has 1 aromatic carbocycles. The molecular formula is C18H20N6O. The molecule has 0 aliphatic carbocycles. The highest BCUT2D eigenvalue weighted by atomic mass is 16.5. The molecular weight excluding hydrogens is 316 g/mol. The lowest BCUT2D eigenvalue weighted by atomic mass is 10.2. The van der Waals surface area contributed by atoms with Gasteiger partial charge >= 0.3 is 0 Å². The number of aromatic nitrogens is 3. The first-order valence-electron chi connectivity index (χ1n) is 7.86. The molecule has 4 N–H and O–H groups in total. The van der Waals surface area contributed by atoms with Crippen LogP contribution >= 0.6 is 0 Å². The summed E-state index contributed by atoms with van der Waals surface area (Å²) in [6, 6.07) is 11.7. The molecule has 0 atom stereocenters. The zero-order valence-corrected chi connectivity index (χ0v) is 13.9. The number of nitrogens with zero attached hydrogens (tertiary/aromatic N) is 3. The fourth-order valence-electron chi connectivity index (χ4n) is 2.29. The van der Waals surface area contributed by atoms with Crippen LogP contribution in [0.5, 0.6) is 5.75 Å². The second kappa shape index (κ2) is 7.96. The van der Waals surface area contributed by atoms with Gasteiger partial charge in [-0.2, -0.15) is 0 Å². The maximum Gasteiger partial charge on any atom is 0.155 e. The molecule has 2 heterocycles. The van der Waals surface area contributed by atoms with Gasteiger partial charge in [0.1, 0.15) is 17.8 Å². The quantitative estimate of drug-likeness (QED) is 0.610. The fraction of sp³-hybridized carbons (Fsp3) is 0.167. The van der Waals surface area contributed by atoms with Gasteiger partial charge in [-0.1, -0.05) is 18.2 Å². The van der Waals surface area contributed by atoms with Crippen molar-refractivity contribution in [3.05, 3.63) is 66.2 Å². The summed E-state index contributed by atoms with van der Waals surface area (Å²) >= 11 is 0. The van der Waals surface area contributed by atoms with Gasteiger partial charge in [0.15, 0.2) is 11.6 Å². The number of ether oxygens (including phenoxy) is 1. The molecule has 25 heavy (non-hydrogen) atoms. The summed E-state index contributed by atoms with van der Waals surface area (Å²) in [7, 11) is 1.65. The van der Waals surface area contributed by atoms with E-state index >= 15 is 0 Å². The summed E-state index contributed by atoms with van der Waals surface area (Å²) in [6.07, 6.45) is 5.02. The molecule has 0 radical (unpaired) electrons. The Labute approximate surface area is 146 Å². The lowest BCUT2D eigenvalue weighted by molar-refractivity contribution is 0.414. The van der Waals surface area contributed by atoms with E-state index in [1.54, 1.807) is 19.5 Å². The lowest BCUT2D eigenvalue weighted by Crippen LogP contribution is -2.10. The summed E-state index contributed by atoms with van der Waals surface area (Å²) in [5, 5.41) is 6.45. The average molecular weight is 336 g/mol. The standard InChI is InChI=1S/C18H20N6O/c1-25-15-6-4-13(5-7-15)10-21-17-16(19)18(24-12-23-17)22-11-14-3-2-8-20-9-14/h2-9,12H,10-11,19H2,1H3,(H2,21,22,23,24). The highest BCUT2D eigenvalue weighted by Gasteiger charge is 2.08. The predicted octanol–water partition coefficient (Wildman–Crippen LogP) is 2.69. The Morgan fingerprint density at radius 2 is 1.64 bits per heavy atom. The minimum Gasteiger partial charge on any atom is -0.497 e. The smallest absolute Gasteiger partial charge is 0.155 e. The molecule has 0 saturated carbocycles. The van der Waals surface area contributed by atoms with Crippen LogP contribution in [0.25, 0.3) is 0 Å². The molecule has 3 rings (SSSR count). The summed E-state index contributed by atoms with van der Waals surface area (Å²) in [4.78, 5) is 12.5. The molecule has 3 aromatic rings. The molecule has 0 fully saturated rings. The molecule has 7 heteroatoms. The van der Waals surface area contributed by atoms with E-state index in [4.69, 9.17) is 10.5 Å². The highest BCUT2D eigenvalue weighted by Crippen LogP contribution is 2.23. The number of nitrogens with two attached hydrogens (primary N) is 1. The number of anilines is 3. The summed E-state index contributed by atoms with van der Waals surface area (Å²) in [6.45, 7) is 1.19. The van der Waals surface area contributed by atoms with Crippen molar-refractivity contribution >= 4 is 17.3 Å². The Morgan fingerprint density at radius 3 is 2.24 bits per heavy atom. The van der Waals surface area contributed by atoms with E-state index in [-0.39, 0.29) is 0 Å². The maximum atomic E-state index is 6.17. The number of methoxy groups -OCH3 is 1. The van der Waals surface area contributed by atoms with Crippen molar-refractivity contribution in [2.45, 2.75) is 13.1 Å². The predicted molar refractivity (Wildman–Crippen MR) is 98.3 cm³/mol. The Morgan fingerprint density at radius 1 is 0.960 bits per heavy atom. The van der Waals surface area contributed by atoms with E-state index in [1.807, 2.05) is 36.4 Å². The molecule has 0 amide bonds. The van der Waals surface area contributed by atoms with Crippen molar-refractivity contribution < 1.29 is 4.74 Å². The molecule has 0 spiro atoms. The number of benzene rings is 1. The molecule has 0 unspecified atom stereocenters. The van der Waals surface area contributed by atoms with E-state index in [9.17, 15) is 0 Å². The van der Waals surface area contributed by atoms with Gasteiger partial charge in [-0.05, 0) is 29.3 Å². The Hall–Kier alpha value is -3.35. The summed E-state index contributed by atoms with van der Waals surface area (Å²) in [5.41, 5.74) is 8.81. The van der Waals surface area contributed by atoms with Gasteiger partial charge in [-0.15, -0.1) is 0 Å². The van der Waals surface area contributed by atoms with Crippen LogP contribution in [0.3, 0.4) is 0 Å². The third-order valence-corrected chi connectivity index (χ3v) is 3.69. The van der Waals surface area contributed by atoms with Gasteiger partial charge in [0.05, 0.1) is 7.11 Å². The van der Waals surface area contributed by atoms with Crippen LogP contribution in [-0.4, -0.2) is 22.1 Å². The zero-order valence-electron chi connectivity index (χ0n) is 13.9. The number of rotatable bonds is 7. The van der Waals surface area contributed by atoms with Crippen molar-refractivity contribution in [1.29, 1.82) is 0 Å². The minimum absolute atomic E-state index is 0.486. The van der Waals surface area contributed by atoms with Crippen LogP contribution in [0.2, 0.25) is 0 Å². The molecule has 0 aliphatic heterocycles. The molecule has 128 valence electrons. The van der Waals surface area contributed by atoms with Crippen molar-refractivity contribution in [2.24, 2.45) is 0 Å². The lowest BCUT2D eigenvalue weighted by Gasteiger charge is -2.12. The molecule has 0 bridgehead atoms. The second-order valence-corrected chi connectivity index (χ2v) is 5.40. The van der Waals surface area contributed by atoms with Crippen molar-refractivity contribution in [3.63, 3.8) is 0 Å². The van der Waals surface area contributed by atoms with Crippen LogP contribution in [0.1, 0.15) is 11.1 Å². The van der Waals surface area contributed by atoms with Gasteiger partial charge < -0.3 is 21.1 Å².